The second-order valence-electron chi connectivity index (χ2n) is 9.05. The zero-order valence-electron chi connectivity index (χ0n) is 20.0. The standard InChI is InChI=1S/C28H30O7/c1-17-7-6-10-20(29)9-5-3-4-8-19-15-23-26(27(31)25(19)28(32)34-17)22(16-24(30)35-23)18-11-13-21(33-2)14-12-18/h4,8,11-15,17,22,31H,3,5-7,9-10,16H2,1-2H3/b8-4+. The van der Waals surface area contributed by atoms with Crippen molar-refractivity contribution in [2.45, 2.75) is 63.9 Å². The number of aromatic hydroxyl groups is 1. The molecule has 0 amide bonds. The van der Waals surface area contributed by atoms with E-state index in [0.717, 1.165) is 5.56 Å². The minimum absolute atomic E-state index is 0.0288. The van der Waals surface area contributed by atoms with Gasteiger partial charge in [0.05, 0.1) is 19.6 Å². The number of allylic oxidation sites excluding steroid dienone is 1. The van der Waals surface area contributed by atoms with Crippen molar-refractivity contribution in [3.8, 4) is 17.2 Å². The number of Topliss-reactive ketones (excluding diaryl/α,β-unsaturated/α-hetero) is 1. The maximum Gasteiger partial charge on any atom is 0.342 e. The first-order valence-electron chi connectivity index (χ1n) is 12.0. The number of phenols is 1. The number of ether oxygens (including phenoxy) is 3. The number of ketones is 1. The van der Waals surface area contributed by atoms with Crippen LogP contribution >= 0.6 is 0 Å². The number of carbonyl (C=O) groups excluding carboxylic acids is 3. The molecular weight excluding hydrogens is 448 g/mol. The number of carbonyl (C=O) groups is 3. The first-order valence-corrected chi connectivity index (χ1v) is 12.0. The summed E-state index contributed by atoms with van der Waals surface area (Å²) in [6.07, 6.45) is 6.69. The van der Waals surface area contributed by atoms with Crippen molar-refractivity contribution in [3.05, 3.63) is 58.7 Å². The second kappa shape index (κ2) is 10.8. The molecule has 4 rings (SSSR count). The molecule has 0 fully saturated rings. The van der Waals surface area contributed by atoms with E-state index in [2.05, 4.69) is 0 Å². The number of hydrogen-bond donors (Lipinski definition) is 1. The molecule has 0 saturated heterocycles. The van der Waals surface area contributed by atoms with Gasteiger partial charge in [-0.3, -0.25) is 9.59 Å². The van der Waals surface area contributed by atoms with Gasteiger partial charge >= 0.3 is 11.9 Å². The molecule has 7 heteroatoms. The molecule has 0 aromatic heterocycles. The summed E-state index contributed by atoms with van der Waals surface area (Å²) in [5.41, 5.74) is 1.64. The lowest BCUT2D eigenvalue weighted by atomic mass is 9.83. The minimum atomic E-state index is -0.647. The van der Waals surface area contributed by atoms with Crippen LogP contribution in [0.25, 0.3) is 6.08 Å². The summed E-state index contributed by atoms with van der Waals surface area (Å²) in [6.45, 7) is 1.78. The Bertz CT molecular complexity index is 1150. The fraction of sp³-hybridized carbons (Fsp3) is 0.393. The zero-order valence-corrected chi connectivity index (χ0v) is 20.0. The van der Waals surface area contributed by atoms with Gasteiger partial charge in [-0.05, 0) is 61.9 Å². The Morgan fingerprint density at radius 1 is 1.06 bits per heavy atom. The van der Waals surface area contributed by atoms with Gasteiger partial charge in [0.25, 0.3) is 0 Å². The molecule has 2 aromatic carbocycles. The van der Waals surface area contributed by atoms with Gasteiger partial charge in [0.15, 0.2) is 0 Å². The molecule has 0 radical (unpaired) electrons. The number of phenolic OH excluding ortho intramolecular Hbond substituents is 1. The zero-order chi connectivity index (χ0) is 24.9. The van der Waals surface area contributed by atoms with Gasteiger partial charge in [-0.2, -0.15) is 0 Å². The highest BCUT2D eigenvalue weighted by molar-refractivity contribution is 5.98. The highest BCUT2D eigenvalue weighted by Crippen LogP contribution is 2.47. The smallest absolute Gasteiger partial charge is 0.342 e. The number of esters is 2. The molecule has 0 bridgehead atoms. The maximum absolute atomic E-state index is 13.2. The van der Waals surface area contributed by atoms with Gasteiger partial charge in [0, 0.05) is 24.3 Å². The van der Waals surface area contributed by atoms with Crippen molar-refractivity contribution in [2.75, 3.05) is 7.11 Å². The molecule has 35 heavy (non-hydrogen) atoms. The van der Waals surface area contributed by atoms with E-state index in [0.29, 0.717) is 55.4 Å². The first kappa shape index (κ1) is 24.5. The number of rotatable bonds is 2. The molecule has 2 aliphatic heterocycles. The van der Waals surface area contributed by atoms with Gasteiger partial charge in [0.2, 0.25) is 0 Å². The summed E-state index contributed by atoms with van der Waals surface area (Å²) in [5, 5.41) is 11.4. The Morgan fingerprint density at radius 3 is 2.54 bits per heavy atom. The minimum Gasteiger partial charge on any atom is -0.507 e. The molecule has 2 aromatic rings. The van der Waals surface area contributed by atoms with E-state index in [1.54, 1.807) is 38.3 Å². The predicted octanol–water partition coefficient (Wildman–Crippen LogP) is 5.32. The van der Waals surface area contributed by atoms with E-state index >= 15 is 0 Å². The average molecular weight is 479 g/mol. The number of fused-ring (bicyclic) bond motifs is 2. The van der Waals surface area contributed by atoms with Gasteiger partial charge in [-0.15, -0.1) is 0 Å². The third-order valence-corrected chi connectivity index (χ3v) is 6.50. The van der Waals surface area contributed by atoms with E-state index in [1.165, 1.54) is 0 Å². The van der Waals surface area contributed by atoms with Crippen molar-refractivity contribution >= 4 is 23.8 Å². The maximum atomic E-state index is 13.2. The summed E-state index contributed by atoms with van der Waals surface area (Å²) in [5.74, 6) is -0.697. The lowest BCUT2D eigenvalue weighted by molar-refractivity contribution is -0.135. The van der Waals surface area contributed by atoms with E-state index < -0.39 is 24.0 Å². The highest BCUT2D eigenvalue weighted by atomic mass is 16.5. The Labute approximate surface area is 204 Å². The summed E-state index contributed by atoms with van der Waals surface area (Å²) < 4.78 is 16.4. The van der Waals surface area contributed by atoms with Gasteiger partial charge in [-0.1, -0.05) is 24.3 Å². The van der Waals surface area contributed by atoms with Crippen molar-refractivity contribution < 1.29 is 33.7 Å². The molecule has 0 aliphatic carbocycles. The Kier molecular flexibility index (Phi) is 7.54. The molecule has 0 saturated carbocycles. The van der Waals surface area contributed by atoms with Crippen LogP contribution in [0.2, 0.25) is 0 Å². The van der Waals surface area contributed by atoms with Crippen molar-refractivity contribution in [2.24, 2.45) is 0 Å². The average Bonchev–Trinajstić information content (AvgIpc) is 2.82. The molecular formula is C28H30O7. The van der Waals surface area contributed by atoms with Crippen LogP contribution < -0.4 is 9.47 Å². The Morgan fingerprint density at radius 2 is 1.80 bits per heavy atom. The number of methoxy groups -OCH3 is 1. The normalized spacial score (nSPS) is 22.2. The fourth-order valence-corrected chi connectivity index (χ4v) is 4.64. The quantitative estimate of drug-likeness (QED) is 0.460. The molecule has 0 spiro atoms. The lowest BCUT2D eigenvalue weighted by Gasteiger charge is -2.27. The SMILES string of the molecule is COc1ccc(C2CC(=O)Oc3cc4c(c(O)c32)C(=O)OC(C)CCCC(=O)CCC/C=C/4)cc1. The topological polar surface area (TPSA) is 99.1 Å². The molecule has 2 unspecified atom stereocenters. The predicted molar refractivity (Wildman–Crippen MR) is 130 cm³/mol. The second-order valence-corrected chi connectivity index (χ2v) is 9.05. The van der Waals surface area contributed by atoms with Crippen LogP contribution in [0.1, 0.15) is 84.8 Å². The third-order valence-electron chi connectivity index (χ3n) is 6.50. The monoisotopic (exact) mass is 478 g/mol. The third kappa shape index (κ3) is 5.56. The van der Waals surface area contributed by atoms with E-state index in [-0.39, 0.29) is 29.3 Å². The van der Waals surface area contributed by atoms with Crippen LogP contribution in [-0.2, 0) is 14.3 Å². The number of cyclic esters (lactones) is 1. The van der Waals surface area contributed by atoms with E-state index in [9.17, 15) is 19.5 Å². The van der Waals surface area contributed by atoms with Crippen molar-refractivity contribution in [3.63, 3.8) is 0 Å². The highest BCUT2D eigenvalue weighted by Gasteiger charge is 2.35. The Hall–Kier alpha value is -3.61. The molecule has 184 valence electrons. The van der Waals surface area contributed by atoms with Crippen molar-refractivity contribution in [1.29, 1.82) is 0 Å². The largest absolute Gasteiger partial charge is 0.507 e. The van der Waals surface area contributed by atoms with E-state index in [4.69, 9.17) is 14.2 Å². The van der Waals surface area contributed by atoms with Crippen LogP contribution in [0.3, 0.4) is 0 Å². The van der Waals surface area contributed by atoms with Crippen LogP contribution in [-0.4, -0.2) is 36.0 Å². The summed E-state index contributed by atoms with van der Waals surface area (Å²) in [4.78, 5) is 37.7. The number of hydrogen-bond acceptors (Lipinski definition) is 7. The van der Waals surface area contributed by atoms with E-state index in [1.807, 2.05) is 18.2 Å². The summed E-state index contributed by atoms with van der Waals surface area (Å²) in [6, 6.07) is 8.85. The van der Waals surface area contributed by atoms with Gasteiger partial charge < -0.3 is 19.3 Å². The number of benzene rings is 2. The molecule has 2 heterocycles. The summed E-state index contributed by atoms with van der Waals surface area (Å²) >= 11 is 0. The van der Waals surface area contributed by atoms with Crippen LogP contribution in [0, 0.1) is 0 Å². The molecule has 2 atom stereocenters. The Balaban J connectivity index is 1.79. The molecule has 2 aliphatic rings. The van der Waals surface area contributed by atoms with Crippen LogP contribution in [0.15, 0.2) is 36.4 Å². The van der Waals surface area contributed by atoms with Gasteiger partial charge in [0.1, 0.15) is 28.6 Å². The van der Waals surface area contributed by atoms with Crippen LogP contribution in [0.4, 0.5) is 0 Å². The fourth-order valence-electron chi connectivity index (χ4n) is 4.64. The molecule has 7 nitrogen and oxygen atoms in total. The van der Waals surface area contributed by atoms with Crippen LogP contribution in [0.5, 0.6) is 17.2 Å². The molecule has 1 N–H and O–H groups in total. The first-order chi connectivity index (χ1) is 16.9. The summed E-state index contributed by atoms with van der Waals surface area (Å²) in [7, 11) is 1.57. The van der Waals surface area contributed by atoms with Crippen molar-refractivity contribution in [1.82, 2.24) is 0 Å². The lowest BCUT2D eigenvalue weighted by Crippen LogP contribution is -2.23. The van der Waals surface area contributed by atoms with Gasteiger partial charge in [-0.25, -0.2) is 4.79 Å².